The first-order chi connectivity index (χ1) is 8.41. The molecule has 0 bridgehead atoms. The highest BCUT2D eigenvalue weighted by Crippen LogP contribution is 2.24. The number of carbonyl (C=O) groups is 2. The summed E-state index contributed by atoms with van der Waals surface area (Å²) in [6, 6.07) is -0.912. The Morgan fingerprint density at radius 2 is 1.74 bits per heavy atom. The molecule has 1 atom stereocenters. The van der Waals surface area contributed by atoms with Crippen LogP contribution in [0.4, 0.5) is 4.79 Å². The molecule has 0 aromatic rings. The van der Waals surface area contributed by atoms with E-state index in [1.54, 1.807) is 32.5 Å². The monoisotopic (exact) mass is 291 g/mol. The molecule has 0 saturated carbocycles. The molecule has 0 aliphatic rings. The molecule has 5 nitrogen and oxygen atoms in total. The van der Waals surface area contributed by atoms with Gasteiger partial charge < -0.3 is 15.2 Å². The first-order valence-electron chi connectivity index (χ1n) is 6.27. The minimum absolute atomic E-state index is 0.0783. The molecule has 0 aromatic heterocycles. The van der Waals surface area contributed by atoms with Crippen LogP contribution < -0.4 is 5.32 Å². The lowest BCUT2D eigenvalue weighted by Gasteiger charge is -2.23. The number of thioether (sulfide) groups is 1. The lowest BCUT2D eigenvalue weighted by Crippen LogP contribution is -2.43. The molecule has 0 saturated heterocycles. The SMILES string of the molecule is CC(C)(C)OC(=O)NC(CCSC(C)(C)C)C(=O)O. The Labute approximate surface area is 119 Å². The van der Waals surface area contributed by atoms with Crippen molar-refractivity contribution in [3.05, 3.63) is 0 Å². The van der Waals surface area contributed by atoms with Gasteiger partial charge in [-0.3, -0.25) is 0 Å². The fourth-order valence-corrected chi connectivity index (χ4v) is 2.16. The summed E-state index contributed by atoms with van der Waals surface area (Å²) in [4.78, 5) is 22.6. The summed E-state index contributed by atoms with van der Waals surface area (Å²) in [7, 11) is 0. The maximum Gasteiger partial charge on any atom is 0.408 e. The average Bonchev–Trinajstić information content (AvgIpc) is 2.10. The number of alkyl carbamates (subject to hydrolysis) is 1. The first kappa shape index (κ1) is 18.1. The van der Waals surface area contributed by atoms with Gasteiger partial charge in [0.2, 0.25) is 0 Å². The standard InChI is InChI=1S/C13H25NO4S/c1-12(2,3)18-11(17)14-9(10(15)16)7-8-19-13(4,5)6/h9H,7-8H2,1-6H3,(H,14,17)(H,15,16). The van der Waals surface area contributed by atoms with E-state index >= 15 is 0 Å². The van der Waals surface area contributed by atoms with E-state index in [-0.39, 0.29) is 4.75 Å². The van der Waals surface area contributed by atoms with Crippen LogP contribution >= 0.6 is 11.8 Å². The molecule has 0 rings (SSSR count). The van der Waals surface area contributed by atoms with Crippen LogP contribution in [0.3, 0.4) is 0 Å². The second-order valence-electron chi connectivity index (χ2n) is 6.29. The molecule has 6 heteroatoms. The van der Waals surface area contributed by atoms with Gasteiger partial charge in [-0.15, -0.1) is 0 Å². The molecule has 0 aliphatic heterocycles. The van der Waals surface area contributed by atoms with Crippen molar-refractivity contribution >= 4 is 23.8 Å². The Hall–Kier alpha value is -0.910. The van der Waals surface area contributed by atoms with Crippen LogP contribution in [0.5, 0.6) is 0 Å². The highest BCUT2D eigenvalue weighted by Gasteiger charge is 2.24. The summed E-state index contributed by atoms with van der Waals surface area (Å²) in [6.45, 7) is 11.4. The maximum absolute atomic E-state index is 11.5. The fourth-order valence-electron chi connectivity index (χ4n) is 1.19. The summed E-state index contributed by atoms with van der Waals surface area (Å²) in [5.41, 5.74) is -0.632. The number of rotatable bonds is 5. The van der Waals surface area contributed by atoms with Gasteiger partial charge in [0.25, 0.3) is 0 Å². The van der Waals surface area contributed by atoms with E-state index in [1.807, 2.05) is 0 Å². The lowest BCUT2D eigenvalue weighted by molar-refractivity contribution is -0.139. The van der Waals surface area contributed by atoms with Crippen LogP contribution in [0.15, 0.2) is 0 Å². The van der Waals surface area contributed by atoms with Crippen LogP contribution in [-0.4, -0.2) is 39.3 Å². The number of nitrogens with one attached hydrogen (secondary N) is 1. The Kier molecular flexibility index (Phi) is 6.69. The second kappa shape index (κ2) is 7.03. The minimum Gasteiger partial charge on any atom is -0.480 e. The average molecular weight is 291 g/mol. The number of hydrogen-bond acceptors (Lipinski definition) is 4. The summed E-state index contributed by atoms with van der Waals surface area (Å²) < 4.78 is 5.12. The molecule has 0 spiro atoms. The lowest BCUT2D eigenvalue weighted by atomic mass is 10.2. The third-order valence-electron chi connectivity index (χ3n) is 1.93. The van der Waals surface area contributed by atoms with Gasteiger partial charge in [0.1, 0.15) is 11.6 Å². The van der Waals surface area contributed by atoms with Gasteiger partial charge in [-0.1, -0.05) is 20.8 Å². The van der Waals surface area contributed by atoms with Gasteiger partial charge >= 0.3 is 12.1 Å². The van der Waals surface area contributed by atoms with E-state index in [1.165, 1.54) is 0 Å². The van der Waals surface area contributed by atoms with Gasteiger partial charge in [0.05, 0.1) is 0 Å². The highest BCUT2D eigenvalue weighted by molar-refractivity contribution is 8.00. The molecule has 0 aliphatic carbocycles. The molecular formula is C13H25NO4S. The highest BCUT2D eigenvalue weighted by atomic mass is 32.2. The fraction of sp³-hybridized carbons (Fsp3) is 0.846. The van der Waals surface area contributed by atoms with Crippen molar-refractivity contribution in [3.63, 3.8) is 0 Å². The Balaban J connectivity index is 4.28. The maximum atomic E-state index is 11.5. The van der Waals surface area contributed by atoms with Crippen LogP contribution in [-0.2, 0) is 9.53 Å². The zero-order chi connectivity index (χ0) is 15.3. The van der Waals surface area contributed by atoms with E-state index in [0.29, 0.717) is 12.2 Å². The third kappa shape index (κ3) is 10.7. The van der Waals surface area contributed by atoms with Gasteiger partial charge in [-0.25, -0.2) is 9.59 Å². The summed E-state index contributed by atoms with van der Waals surface area (Å²) in [5.74, 6) is -0.378. The van der Waals surface area contributed by atoms with E-state index in [4.69, 9.17) is 9.84 Å². The van der Waals surface area contributed by atoms with Crippen molar-refractivity contribution in [1.29, 1.82) is 0 Å². The minimum atomic E-state index is -1.04. The molecular weight excluding hydrogens is 266 g/mol. The van der Waals surface area contributed by atoms with Crippen LogP contribution in [0.2, 0.25) is 0 Å². The molecule has 0 heterocycles. The van der Waals surface area contributed by atoms with E-state index in [9.17, 15) is 9.59 Å². The molecule has 0 radical (unpaired) electrons. The normalized spacial score (nSPS) is 13.8. The second-order valence-corrected chi connectivity index (χ2v) is 8.21. The van der Waals surface area contributed by atoms with Gasteiger partial charge in [0.15, 0.2) is 0 Å². The zero-order valence-electron chi connectivity index (χ0n) is 12.6. The van der Waals surface area contributed by atoms with Crippen LogP contribution in [0.1, 0.15) is 48.0 Å². The molecule has 19 heavy (non-hydrogen) atoms. The van der Waals surface area contributed by atoms with Crippen molar-refractivity contribution < 1.29 is 19.4 Å². The topological polar surface area (TPSA) is 75.6 Å². The molecule has 2 N–H and O–H groups in total. The number of carboxylic acid groups (broad SMARTS) is 1. The molecule has 0 aromatic carbocycles. The number of carboxylic acids is 1. The predicted octanol–water partition coefficient (Wildman–Crippen LogP) is 2.89. The Morgan fingerprint density at radius 1 is 1.21 bits per heavy atom. The number of hydrogen-bond donors (Lipinski definition) is 2. The van der Waals surface area contributed by atoms with Crippen LogP contribution in [0.25, 0.3) is 0 Å². The van der Waals surface area contributed by atoms with Gasteiger partial charge in [-0.2, -0.15) is 11.8 Å². The van der Waals surface area contributed by atoms with Gasteiger partial charge in [0, 0.05) is 4.75 Å². The number of amides is 1. The number of aliphatic carboxylic acids is 1. The van der Waals surface area contributed by atoms with Crippen molar-refractivity contribution in [3.8, 4) is 0 Å². The van der Waals surface area contributed by atoms with Crippen molar-refractivity contribution in [1.82, 2.24) is 5.32 Å². The van der Waals surface area contributed by atoms with E-state index < -0.39 is 23.7 Å². The quantitative estimate of drug-likeness (QED) is 0.814. The van der Waals surface area contributed by atoms with Crippen molar-refractivity contribution in [2.45, 2.75) is 64.4 Å². The molecule has 1 unspecified atom stereocenters. The zero-order valence-corrected chi connectivity index (χ0v) is 13.4. The Bertz CT molecular complexity index is 318. The molecule has 112 valence electrons. The molecule has 0 fully saturated rings. The van der Waals surface area contributed by atoms with E-state index in [0.717, 1.165) is 0 Å². The summed E-state index contributed by atoms with van der Waals surface area (Å²) >= 11 is 1.66. The van der Waals surface area contributed by atoms with Crippen molar-refractivity contribution in [2.75, 3.05) is 5.75 Å². The molecule has 1 amide bonds. The number of ether oxygens (including phenoxy) is 1. The summed E-state index contributed by atoms with van der Waals surface area (Å²) in [5, 5.41) is 11.5. The van der Waals surface area contributed by atoms with Crippen LogP contribution in [0, 0.1) is 0 Å². The first-order valence-corrected chi connectivity index (χ1v) is 7.25. The largest absolute Gasteiger partial charge is 0.480 e. The summed E-state index contributed by atoms with van der Waals surface area (Å²) in [6.07, 6.45) is -0.322. The predicted molar refractivity (Wildman–Crippen MR) is 77.6 cm³/mol. The Morgan fingerprint density at radius 3 is 2.11 bits per heavy atom. The number of carbonyl (C=O) groups excluding carboxylic acids is 1. The van der Waals surface area contributed by atoms with Crippen molar-refractivity contribution in [2.24, 2.45) is 0 Å². The van der Waals surface area contributed by atoms with E-state index in [2.05, 4.69) is 26.1 Å². The smallest absolute Gasteiger partial charge is 0.408 e. The third-order valence-corrected chi connectivity index (χ3v) is 3.24. The van der Waals surface area contributed by atoms with Gasteiger partial charge in [-0.05, 0) is 32.9 Å².